The van der Waals surface area contributed by atoms with Gasteiger partial charge in [-0.15, -0.1) is 0 Å². The average Bonchev–Trinajstić information content (AvgIpc) is 2.11. The maximum absolute atomic E-state index is 4.32. The number of allylic oxidation sites excluding steroid dienone is 1. The van der Waals surface area contributed by atoms with Crippen LogP contribution in [0.3, 0.4) is 0 Å². The normalized spacial score (nSPS) is 12.9. The molecule has 0 heterocycles. The molecule has 0 radical (unpaired) electrons. The summed E-state index contributed by atoms with van der Waals surface area (Å²) in [6.45, 7) is 18.1. The van der Waals surface area contributed by atoms with E-state index in [4.69, 9.17) is 0 Å². The van der Waals surface area contributed by atoms with Crippen LogP contribution in [0.1, 0.15) is 47.5 Å². The molecule has 0 unspecified atom stereocenters. The van der Waals surface area contributed by atoms with Crippen LogP contribution in [0.5, 0.6) is 0 Å². The first-order valence-corrected chi connectivity index (χ1v) is 7.01. The second-order valence-electron chi connectivity index (χ2n) is 7.65. The zero-order valence-electron chi connectivity index (χ0n) is 13.9. The molecular weight excluding hydrogens is 220 g/mol. The molecule has 0 saturated heterocycles. The number of hydrogen-bond acceptors (Lipinski definition) is 2. The van der Waals surface area contributed by atoms with Crippen molar-refractivity contribution >= 4 is 0 Å². The van der Waals surface area contributed by atoms with Gasteiger partial charge in [0.15, 0.2) is 0 Å². The molecule has 0 aromatic heterocycles. The number of hydrogen-bond donors (Lipinski definition) is 0. The molecule has 0 fully saturated rings. The maximum atomic E-state index is 4.32. The minimum atomic E-state index is 0.172. The van der Waals surface area contributed by atoms with E-state index in [-0.39, 0.29) is 5.41 Å². The third-order valence-electron chi connectivity index (χ3n) is 3.31. The first kappa shape index (κ1) is 17.5. The lowest BCUT2D eigenvalue weighted by atomic mass is 9.74. The largest absolute Gasteiger partial charge is 0.378 e. The number of nitrogens with zero attached hydrogens (tertiary/aromatic N) is 2. The summed E-state index contributed by atoms with van der Waals surface area (Å²) >= 11 is 0. The molecule has 18 heavy (non-hydrogen) atoms. The fourth-order valence-electron chi connectivity index (χ4n) is 2.70. The predicted octanol–water partition coefficient (Wildman–Crippen LogP) is 3.85. The van der Waals surface area contributed by atoms with Crippen molar-refractivity contribution in [2.45, 2.75) is 47.5 Å². The summed E-state index contributed by atoms with van der Waals surface area (Å²) in [5, 5.41) is 0. The molecule has 0 rings (SSSR count). The minimum Gasteiger partial charge on any atom is -0.378 e. The highest BCUT2D eigenvalue weighted by atomic mass is 15.1. The molecule has 0 saturated carbocycles. The third-order valence-corrected chi connectivity index (χ3v) is 3.31. The Morgan fingerprint density at radius 2 is 1.44 bits per heavy atom. The van der Waals surface area contributed by atoms with Crippen LogP contribution in [0.25, 0.3) is 0 Å². The Morgan fingerprint density at radius 3 is 1.83 bits per heavy atom. The van der Waals surface area contributed by atoms with Gasteiger partial charge < -0.3 is 9.80 Å². The second kappa shape index (κ2) is 6.60. The van der Waals surface area contributed by atoms with Gasteiger partial charge in [0.1, 0.15) is 0 Å². The summed E-state index contributed by atoms with van der Waals surface area (Å²) in [7, 11) is 6.42. The summed E-state index contributed by atoms with van der Waals surface area (Å²) in [6.07, 6.45) is 2.35. The van der Waals surface area contributed by atoms with E-state index in [0.29, 0.717) is 5.41 Å². The van der Waals surface area contributed by atoms with Gasteiger partial charge in [-0.3, -0.25) is 0 Å². The Labute approximate surface area is 115 Å². The molecule has 0 bridgehead atoms. The van der Waals surface area contributed by atoms with Gasteiger partial charge in [0.2, 0.25) is 0 Å². The molecular formula is C16H34N2. The Kier molecular flexibility index (Phi) is 6.42. The molecule has 0 spiro atoms. The van der Waals surface area contributed by atoms with E-state index in [9.17, 15) is 0 Å². The first-order valence-electron chi connectivity index (χ1n) is 7.01. The highest BCUT2D eigenvalue weighted by Gasteiger charge is 2.29. The third kappa shape index (κ3) is 7.05. The van der Waals surface area contributed by atoms with Crippen LogP contribution in [0, 0.1) is 10.8 Å². The highest BCUT2D eigenvalue weighted by Crippen LogP contribution is 2.38. The lowest BCUT2D eigenvalue weighted by Crippen LogP contribution is -2.32. The van der Waals surface area contributed by atoms with Crippen LogP contribution in [-0.2, 0) is 0 Å². The molecule has 0 aliphatic rings. The smallest absolute Gasteiger partial charge is 0.0183 e. The molecule has 0 amide bonds. The van der Waals surface area contributed by atoms with Crippen molar-refractivity contribution in [2.24, 2.45) is 10.8 Å². The van der Waals surface area contributed by atoms with Gasteiger partial charge in [-0.05, 0) is 38.9 Å². The van der Waals surface area contributed by atoms with E-state index in [1.165, 1.54) is 12.1 Å². The van der Waals surface area contributed by atoms with Crippen LogP contribution in [0.4, 0.5) is 0 Å². The van der Waals surface area contributed by atoms with Gasteiger partial charge in [0.05, 0.1) is 0 Å². The monoisotopic (exact) mass is 254 g/mol. The van der Waals surface area contributed by atoms with Crippen LogP contribution >= 0.6 is 0 Å². The second-order valence-corrected chi connectivity index (χ2v) is 7.65. The van der Waals surface area contributed by atoms with Crippen molar-refractivity contribution in [3.8, 4) is 0 Å². The van der Waals surface area contributed by atoms with Crippen molar-refractivity contribution in [1.29, 1.82) is 0 Å². The molecule has 0 aliphatic heterocycles. The van der Waals surface area contributed by atoms with Gasteiger partial charge in [0.25, 0.3) is 0 Å². The topological polar surface area (TPSA) is 6.48 Å². The van der Waals surface area contributed by atoms with E-state index in [1.54, 1.807) is 0 Å². The van der Waals surface area contributed by atoms with Crippen molar-refractivity contribution in [3.05, 3.63) is 12.3 Å². The van der Waals surface area contributed by atoms with Gasteiger partial charge in [-0.1, -0.05) is 41.2 Å². The number of rotatable bonds is 7. The van der Waals surface area contributed by atoms with E-state index >= 15 is 0 Å². The zero-order chi connectivity index (χ0) is 14.6. The summed E-state index contributed by atoms with van der Waals surface area (Å²) < 4.78 is 0. The molecule has 0 aliphatic carbocycles. The lowest BCUT2D eigenvalue weighted by Gasteiger charge is -2.38. The van der Waals surface area contributed by atoms with E-state index in [2.05, 4.69) is 72.1 Å². The van der Waals surface area contributed by atoms with Crippen LogP contribution < -0.4 is 0 Å². The maximum Gasteiger partial charge on any atom is 0.0183 e. The van der Waals surface area contributed by atoms with Crippen LogP contribution in [-0.4, -0.2) is 44.0 Å². The molecule has 108 valence electrons. The zero-order valence-corrected chi connectivity index (χ0v) is 13.9. The van der Waals surface area contributed by atoms with Crippen molar-refractivity contribution in [3.63, 3.8) is 0 Å². The molecule has 0 aromatic rings. The Bertz CT molecular complexity index is 259. The average molecular weight is 254 g/mol. The Morgan fingerprint density at radius 1 is 0.944 bits per heavy atom. The molecule has 0 aromatic carbocycles. The van der Waals surface area contributed by atoms with Gasteiger partial charge in [-0.2, -0.15) is 0 Å². The van der Waals surface area contributed by atoms with Crippen LogP contribution in [0.2, 0.25) is 0 Å². The molecule has 2 nitrogen and oxygen atoms in total. The standard InChI is InChI=1S/C16H34N2/c1-14(16(5,6)13-15(2,3)4)18(9)12-10-11-17(7)8/h1,10-13H2,2-9H3. The summed E-state index contributed by atoms with van der Waals surface area (Å²) in [4.78, 5) is 4.56. The fourth-order valence-corrected chi connectivity index (χ4v) is 2.70. The lowest BCUT2D eigenvalue weighted by molar-refractivity contribution is 0.199. The Hall–Kier alpha value is -0.500. The van der Waals surface area contributed by atoms with Gasteiger partial charge >= 0.3 is 0 Å². The first-order chi connectivity index (χ1) is 7.96. The summed E-state index contributed by atoms with van der Waals surface area (Å²) in [5.74, 6) is 0. The van der Waals surface area contributed by atoms with E-state index in [1.807, 2.05) is 0 Å². The molecule has 2 heteroatoms. The minimum absolute atomic E-state index is 0.172. The van der Waals surface area contributed by atoms with Gasteiger partial charge in [0, 0.05) is 24.7 Å². The quantitative estimate of drug-likeness (QED) is 0.681. The predicted molar refractivity (Wildman–Crippen MR) is 82.8 cm³/mol. The SMILES string of the molecule is C=C(N(C)CCCN(C)C)C(C)(C)CC(C)(C)C. The van der Waals surface area contributed by atoms with Crippen molar-refractivity contribution < 1.29 is 0 Å². The molecule has 0 N–H and O–H groups in total. The van der Waals surface area contributed by atoms with Gasteiger partial charge in [-0.25, -0.2) is 0 Å². The summed E-state index contributed by atoms with van der Waals surface area (Å²) in [5.41, 5.74) is 1.78. The van der Waals surface area contributed by atoms with E-state index < -0.39 is 0 Å². The van der Waals surface area contributed by atoms with E-state index in [0.717, 1.165) is 19.5 Å². The summed E-state index contributed by atoms with van der Waals surface area (Å²) in [6, 6.07) is 0. The van der Waals surface area contributed by atoms with Crippen molar-refractivity contribution in [2.75, 3.05) is 34.2 Å². The fraction of sp³-hybridized carbons (Fsp3) is 0.875. The Balaban J connectivity index is 4.35. The van der Waals surface area contributed by atoms with Crippen molar-refractivity contribution in [1.82, 2.24) is 9.80 Å². The highest BCUT2D eigenvalue weighted by molar-refractivity contribution is 5.06. The van der Waals surface area contributed by atoms with Crippen LogP contribution in [0.15, 0.2) is 12.3 Å². The molecule has 0 atom stereocenters.